The zero-order chi connectivity index (χ0) is 21.9. The monoisotopic (exact) mass is 437 g/mol. The third-order valence-electron chi connectivity index (χ3n) is 4.64. The van der Waals surface area contributed by atoms with Gasteiger partial charge in [-0.3, -0.25) is 0 Å². The van der Waals surface area contributed by atoms with Crippen molar-refractivity contribution in [2.75, 3.05) is 19.8 Å². The summed E-state index contributed by atoms with van der Waals surface area (Å²) in [4.78, 5) is 0. The standard InChI is InChI=1S/C20H18F7NO2/c21-15-4-1-12(2-5-15)17-18(30-10-8-28-17)29-9-7-13-11-14(19(22,23)24)3-6-16(13)20(25,26)27/h1-6,11,17-18,28H,7-10H2. The van der Waals surface area contributed by atoms with E-state index in [1.54, 1.807) is 0 Å². The van der Waals surface area contributed by atoms with Crippen LogP contribution in [0.1, 0.15) is 28.3 Å². The lowest BCUT2D eigenvalue weighted by atomic mass is 10.0. The molecule has 1 aliphatic rings. The van der Waals surface area contributed by atoms with Gasteiger partial charge in [-0.2, -0.15) is 26.3 Å². The molecule has 0 spiro atoms. The number of nitrogens with one attached hydrogen (secondary N) is 1. The van der Waals surface area contributed by atoms with Crippen LogP contribution < -0.4 is 5.32 Å². The van der Waals surface area contributed by atoms with Gasteiger partial charge >= 0.3 is 12.4 Å². The molecule has 10 heteroatoms. The van der Waals surface area contributed by atoms with Gasteiger partial charge in [-0.15, -0.1) is 0 Å². The van der Waals surface area contributed by atoms with Crippen LogP contribution in [-0.2, 0) is 28.2 Å². The van der Waals surface area contributed by atoms with Gasteiger partial charge < -0.3 is 14.8 Å². The van der Waals surface area contributed by atoms with Gasteiger partial charge in [0.05, 0.1) is 30.4 Å². The van der Waals surface area contributed by atoms with Gasteiger partial charge in [0.2, 0.25) is 0 Å². The second-order valence-corrected chi connectivity index (χ2v) is 6.71. The number of hydrogen-bond donors (Lipinski definition) is 1. The smallest absolute Gasteiger partial charge is 0.350 e. The zero-order valence-electron chi connectivity index (χ0n) is 15.5. The van der Waals surface area contributed by atoms with Crippen molar-refractivity contribution in [2.24, 2.45) is 0 Å². The van der Waals surface area contributed by atoms with Gasteiger partial charge in [-0.25, -0.2) is 4.39 Å². The molecule has 0 saturated carbocycles. The van der Waals surface area contributed by atoms with Gasteiger partial charge in [0, 0.05) is 6.54 Å². The van der Waals surface area contributed by atoms with E-state index in [0.717, 1.165) is 0 Å². The van der Waals surface area contributed by atoms with E-state index in [1.807, 2.05) is 0 Å². The van der Waals surface area contributed by atoms with Crippen molar-refractivity contribution < 1.29 is 40.2 Å². The molecule has 2 aromatic rings. The normalized spacial score (nSPS) is 20.4. The largest absolute Gasteiger partial charge is 0.416 e. The first-order chi connectivity index (χ1) is 14.1. The molecule has 30 heavy (non-hydrogen) atoms. The fraction of sp³-hybridized carbons (Fsp3) is 0.400. The zero-order valence-corrected chi connectivity index (χ0v) is 15.5. The van der Waals surface area contributed by atoms with Crippen molar-refractivity contribution in [3.8, 4) is 0 Å². The molecule has 2 aromatic carbocycles. The third kappa shape index (κ3) is 5.50. The molecule has 1 saturated heterocycles. The maximum atomic E-state index is 13.2. The van der Waals surface area contributed by atoms with Crippen molar-refractivity contribution in [3.63, 3.8) is 0 Å². The molecule has 0 amide bonds. The average Bonchev–Trinajstić information content (AvgIpc) is 2.67. The molecule has 164 valence electrons. The van der Waals surface area contributed by atoms with Crippen LogP contribution in [0.15, 0.2) is 42.5 Å². The Labute approximate surface area is 167 Å². The number of benzene rings is 2. The lowest BCUT2D eigenvalue weighted by Gasteiger charge is -2.33. The summed E-state index contributed by atoms with van der Waals surface area (Å²) in [5.74, 6) is -0.433. The lowest BCUT2D eigenvalue weighted by Crippen LogP contribution is -2.43. The molecular formula is C20H18F7NO2. The van der Waals surface area contributed by atoms with Crippen molar-refractivity contribution in [1.29, 1.82) is 0 Å². The van der Waals surface area contributed by atoms with E-state index < -0.39 is 53.6 Å². The number of rotatable bonds is 5. The third-order valence-corrected chi connectivity index (χ3v) is 4.64. The summed E-state index contributed by atoms with van der Waals surface area (Å²) in [6.45, 7) is 0.460. The van der Waals surface area contributed by atoms with Gasteiger partial charge in [0.25, 0.3) is 0 Å². The molecule has 0 aromatic heterocycles. The molecule has 2 unspecified atom stereocenters. The van der Waals surface area contributed by atoms with Crippen LogP contribution in [0.2, 0.25) is 0 Å². The maximum Gasteiger partial charge on any atom is 0.416 e. The Morgan fingerprint density at radius 1 is 0.967 bits per heavy atom. The highest BCUT2D eigenvalue weighted by atomic mass is 19.4. The second-order valence-electron chi connectivity index (χ2n) is 6.71. The first-order valence-corrected chi connectivity index (χ1v) is 9.05. The van der Waals surface area contributed by atoms with E-state index in [0.29, 0.717) is 30.3 Å². The maximum absolute atomic E-state index is 13.2. The number of morpholine rings is 1. The summed E-state index contributed by atoms with van der Waals surface area (Å²) in [5.41, 5.74) is -2.17. The quantitative estimate of drug-likeness (QED) is 0.660. The predicted molar refractivity (Wildman–Crippen MR) is 93.0 cm³/mol. The second kappa shape index (κ2) is 8.91. The van der Waals surface area contributed by atoms with E-state index in [9.17, 15) is 30.7 Å². The molecule has 0 radical (unpaired) electrons. The first kappa shape index (κ1) is 22.5. The summed E-state index contributed by atoms with van der Waals surface area (Å²) >= 11 is 0. The van der Waals surface area contributed by atoms with E-state index in [2.05, 4.69) is 5.32 Å². The minimum Gasteiger partial charge on any atom is -0.350 e. The molecule has 0 aliphatic carbocycles. The SMILES string of the molecule is Fc1ccc(C2NCCOC2OCCc2cc(C(F)(F)F)ccc2C(F)(F)F)cc1. The van der Waals surface area contributed by atoms with Crippen LogP contribution in [0.4, 0.5) is 30.7 Å². The van der Waals surface area contributed by atoms with E-state index in [-0.39, 0.29) is 13.2 Å². The molecule has 3 rings (SSSR count). The Bertz CT molecular complexity index is 850. The van der Waals surface area contributed by atoms with Crippen LogP contribution in [0, 0.1) is 5.82 Å². The summed E-state index contributed by atoms with van der Waals surface area (Å²) in [6.07, 6.45) is -10.8. The molecule has 1 aliphatic heterocycles. The van der Waals surface area contributed by atoms with Crippen molar-refractivity contribution in [2.45, 2.75) is 31.1 Å². The Hall–Kier alpha value is -2.17. The van der Waals surface area contributed by atoms with E-state index in [4.69, 9.17) is 9.47 Å². The molecule has 1 heterocycles. The Balaban J connectivity index is 1.73. The molecule has 2 atom stereocenters. The van der Waals surface area contributed by atoms with Gasteiger partial charge in [-0.05, 0) is 47.9 Å². The van der Waals surface area contributed by atoms with Crippen molar-refractivity contribution in [1.82, 2.24) is 5.32 Å². The summed E-state index contributed by atoms with van der Waals surface area (Å²) in [6, 6.07) is 6.37. The van der Waals surface area contributed by atoms with Crippen LogP contribution in [-0.4, -0.2) is 26.0 Å². The Morgan fingerprint density at radius 3 is 2.30 bits per heavy atom. The molecule has 1 N–H and O–H groups in total. The van der Waals surface area contributed by atoms with E-state index >= 15 is 0 Å². The van der Waals surface area contributed by atoms with Crippen LogP contribution >= 0.6 is 0 Å². The topological polar surface area (TPSA) is 30.5 Å². The Morgan fingerprint density at radius 2 is 1.67 bits per heavy atom. The fourth-order valence-electron chi connectivity index (χ4n) is 3.21. The highest BCUT2D eigenvalue weighted by molar-refractivity contribution is 5.35. The first-order valence-electron chi connectivity index (χ1n) is 9.05. The van der Waals surface area contributed by atoms with Gasteiger partial charge in [-0.1, -0.05) is 12.1 Å². The van der Waals surface area contributed by atoms with Crippen LogP contribution in [0.25, 0.3) is 0 Å². The number of ether oxygens (including phenoxy) is 2. The molecule has 3 nitrogen and oxygen atoms in total. The Kier molecular flexibility index (Phi) is 6.68. The number of halogens is 7. The highest BCUT2D eigenvalue weighted by Gasteiger charge is 2.37. The van der Waals surface area contributed by atoms with Crippen molar-refractivity contribution >= 4 is 0 Å². The fourth-order valence-corrected chi connectivity index (χ4v) is 3.21. The average molecular weight is 437 g/mol. The predicted octanol–water partition coefficient (Wildman–Crippen LogP) is 5.11. The minimum absolute atomic E-state index is 0.278. The lowest BCUT2D eigenvalue weighted by molar-refractivity contribution is -0.177. The molecule has 1 fully saturated rings. The van der Waals surface area contributed by atoms with Crippen LogP contribution in [0.5, 0.6) is 0 Å². The minimum atomic E-state index is -4.79. The molecular weight excluding hydrogens is 419 g/mol. The molecule has 0 bridgehead atoms. The summed E-state index contributed by atoms with van der Waals surface area (Å²) in [7, 11) is 0. The van der Waals surface area contributed by atoms with Crippen molar-refractivity contribution in [3.05, 3.63) is 70.5 Å². The van der Waals surface area contributed by atoms with E-state index in [1.165, 1.54) is 24.3 Å². The van der Waals surface area contributed by atoms with Gasteiger partial charge in [0.15, 0.2) is 6.29 Å². The summed E-state index contributed by atoms with van der Waals surface area (Å²) in [5, 5.41) is 3.12. The number of hydrogen-bond acceptors (Lipinski definition) is 3. The van der Waals surface area contributed by atoms with Crippen LogP contribution in [0.3, 0.4) is 0 Å². The highest BCUT2D eigenvalue weighted by Crippen LogP contribution is 2.37. The summed E-state index contributed by atoms with van der Waals surface area (Å²) < 4.78 is 102. The number of alkyl halides is 6. The van der Waals surface area contributed by atoms with Gasteiger partial charge in [0.1, 0.15) is 5.82 Å².